The molecule has 1 fully saturated rings. The highest BCUT2D eigenvalue weighted by Gasteiger charge is 2.33. The molecule has 0 heterocycles. The lowest BCUT2D eigenvalue weighted by atomic mass is 9.75. The standard InChI is InChI=1S/C16H30O2/c1-4-5-6-7-12-15(17)16(18-3)14-11-9-8-10-13(14)2/h13-14,16H,4-12H2,1-3H3. The number of ether oxygens (including phenoxy) is 1. The first-order valence-electron chi connectivity index (χ1n) is 7.76. The lowest BCUT2D eigenvalue weighted by molar-refractivity contribution is -0.134. The SMILES string of the molecule is CCCCCCC(=O)C(OC)C1CCCCC1C. The number of hydrogen-bond acceptors (Lipinski definition) is 2. The van der Waals surface area contributed by atoms with E-state index in [4.69, 9.17) is 4.74 Å². The Balaban J connectivity index is 2.40. The number of hydrogen-bond donors (Lipinski definition) is 0. The van der Waals surface area contributed by atoms with Crippen molar-refractivity contribution in [1.82, 2.24) is 0 Å². The summed E-state index contributed by atoms with van der Waals surface area (Å²) in [5.74, 6) is 1.44. The van der Waals surface area contributed by atoms with Gasteiger partial charge in [0.1, 0.15) is 6.10 Å². The van der Waals surface area contributed by atoms with E-state index < -0.39 is 0 Å². The molecule has 2 heteroatoms. The van der Waals surface area contributed by atoms with Crippen LogP contribution in [0.3, 0.4) is 0 Å². The second kappa shape index (κ2) is 8.68. The van der Waals surface area contributed by atoms with Gasteiger partial charge in [0.2, 0.25) is 0 Å². The topological polar surface area (TPSA) is 26.3 Å². The van der Waals surface area contributed by atoms with E-state index in [1.807, 2.05) is 0 Å². The van der Waals surface area contributed by atoms with Crippen LogP contribution in [0.4, 0.5) is 0 Å². The number of ketones is 1. The quantitative estimate of drug-likeness (QED) is 0.601. The van der Waals surface area contributed by atoms with E-state index in [1.54, 1.807) is 7.11 Å². The van der Waals surface area contributed by atoms with E-state index in [2.05, 4.69) is 13.8 Å². The maximum Gasteiger partial charge on any atom is 0.161 e. The monoisotopic (exact) mass is 254 g/mol. The summed E-state index contributed by atoms with van der Waals surface area (Å²) in [4.78, 5) is 12.3. The zero-order valence-electron chi connectivity index (χ0n) is 12.4. The lowest BCUT2D eigenvalue weighted by Crippen LogP contribution is -2.37. The van der Waals surface area contributed by atoms with Crippen LogP contribution in [-0.2, 0) is 9.53 Å². The van der Waals surface area contributed by atoms with Gasteiger partial charge in [-0.05, 0) is 24.7 Å². The van der Waals surface area contributed by atoms with Crippen LogP contribution >= 0.6 is 0 Å². The molecule has 0 aromatic heterocycles. The van der Waals surface area contributed by atoms with Gasteiger partial charge in [0.15, 0.2) is 5.78 Å². The van der Waals surface area contributed by atoms with Crippen molar-refractivity contribution in [3.63, 3.8) is 0 Å². The Bertz CT molecular complexity index is 237. The van der Waals surface area contributed by atoms with Gasteiger partial charge < -0.3 is 4.74 Å². The summed E-state index contributed by atoms with van der Waals surface area (Å²) >= 11 is 0. The third-order valence-corrected chi connectivity index (χ3v) is 4.41. The Hall–Kier alpha value is -0.370. The first kappa shape index (κ1) is 15.7. The van der Waals surface area contributed by atoms with Crippen LogP contribution in [0.1, 0.15) is 71.6 Å². The Labute approximate surface area is 112 Å². The fraction of sp³-hybridized carbons (Fsp3) is 0.938. The van der Waals surface area contributed by atoms with Crippen molar-refractivity contribution in [3.05, 3.63) is 0 Å². The van der Waals surface area contributed by atoms with Crippen LogP contribution in [0.25, 0.3) is 0 Å². The average molecular weight is 254 g/mol. The van der Waals surface area contributed by atoms with Gasteiger partial charge in [-0.25, -0.2) is 0 Å². The minimum absolute atomic E-state index is 0.137. The van der Waals surface area contributed by atoms with Gasteiger partial charge in [0.25, 0.3) is 0 Å². The van der Waals surface area contributed by atoms with Crippen LogP contribution < -0.4 is 0 Å². The molecule has 3 atom stereocenters. The fourth-order valence-corrected chi connectivity index (χ4v) is 3.21. The molecule has 0 radical (unpaired) electrons. The first-order valence-corrected chi connectivity index (χ1v) is 7.76. The molecule has 0 N–H and O–H groups in total. The Morgan fingerprint density at radius 2 is 1.94 bits per heavy atom. The number of unbranched alkanes of at least 4 members (excludes halogenated alkanes) is 3. The van der Waals surface area contributed by atoms with E-state index in [0.717, 1.165) is 6.42 Å². The van der Waals surface area contributed by atoms with Gasteiger partial charge in [-0.2, -0.15) is 0 Å². The molecule has 1 aliphatic rings. The number of carbonyl (C=O) groups is 1. The van der Waals surface area contributed by atoms with E-state index in [9.17, 15) is 4.79 Å². The summed E-state index contributed by atoms with van der Waals surface area (Å²) in [5, 5.41) is 0. The fourth-order valence-electron chi connectivity index (χ4n) is 3.21. The molecule has 0 saturated heterocycles. The summed E-state index contributed by atoms with van der Waals surface area (Å²) in [6.45, 7) is 4.48. The van der Waals surface area contributed by atoms with Crippen molar-refractivity contribution in [1.29, 1.82) is 0 Å². The zero-order chi connectivity index (χ0) is 13.4. The Morgan fingerprint density at radius 3 is 2.56 bits per heavy atom. The minimum atomic E-state index is -0.137. The van der Waals surface area contributed by atoms with E-state index in [0.29, 0.717) is 24.0 Å². The Kier molecular flexibility index (Phi) is 7.57. The van der Waals surface area contributed by atoms with Crippen molar-refractivity contribution in [3.8, 4) is 0 Å². The molecule has 0 aromatic rings. The molecule has 3 unspecified atom stereocenters. The highest BCUT2D eigenvalue weighted by atomic mass is 16.5. The molecule has 0 aromatic carbocycles. The van der Waals surface area contributed by atoms with Crippen molar-refractivity contribution in [2.45, 2.75) is 77.7 Å². The molecular formula is C16H30O2. The van der Waals surface area contributed by atoms with E-state index >= 15 is 0 Å². The van der Waals surface area contributed by atoms with E-state index in [1.165, 1.54) is 44.9 Å². The minimum Gasteiger partial charge on any atom is -0.373 e. The highest BCUT2D eigenvalue weighted by molar-refractivity contribution is 5.83. The number of Topliss-reactive ketones (excluding diaryl/α,β-unsaturated/α-hetero) is 1. The van der Waals surface area contributed by atoms with Crippen LogP contribution in [-0.4, -0.2) is 19.0 Å². The third kappa shape index (κ3) is 4.72. The van der Waals surface area contributed by atoms with Gasteiger partial charge in [-0.3, -0.25) is 4.79 Å². The van der Waals surface area contributed by atoms with Gasteiger partial charge in [-0.15, -0.1) is 0 Å². The zero-order valence-corrected chi connectivity index (χ0v) is 12.4. The maximum absolute atomic E-state index is 12.3. The molecular weight excluding hydrogens is 224 g/mol. The van der Waals surface area contributed by atoms with Gasteiger partial charge in [-0.1, -0.05) is 52.4 Å². The Morgan fingerprint density at radius 1 is 1.22 bits per heavy atom. The predicted molar refractivity (Wildman–Crippen MR) is 75.7 cm³/mol. The largest absolute Gasteiger partial charge is 0.373 e. The molecule has 0 amide bonds. The predicted octanol–water partition coefficient (Wildman–Crippen LogP) is 4.37. The number of carbonyl (C=O) groups excluding carboxylic acids is 1. The van der Waals surface area contributed by atoms with Crippen molar-refractivity contribution in [2.75, 3.05) is 7.11 Å². The molecule has 1 rings (SSSR count). The first-order chi connectivity index (χ1) is 8.70. The van der Waals surface area contributed by atoms with Crippen molar-refractivity contribution >= 4 is 5.78 Å². The highest BCUT2D eigenvalue weighted by Crippen LogP contribution is 2.33. The van der Waals surface area contributed by atoms with Gasteiger partial charge in [0.05, 0.1) is 0 Å². The van der Waals surface area contributed by atoms with Crippen LogP contribution in [0, 0.1) is 11.8 Å². The average Bonchev–Trinajstić information content (AvgIpc) is 2.38. The number of rotatable bonds is 8. The van der Waals surface area contributed by atoms with Crippen LogP contribution in [0.2, 0.25) is 0 Å². The van der Waals surface area contributed by atoms with E-state index in [-0.39, 0.29) is 6.10 Å². The second-order valence-corrected chi connectivity index (χ2v) is 5.86. The normalized spacial score (nSPS) is 25.9. The molecule has 18 heavy (non-hydrogen) atoms. The molecule has 1 aliphatic carbocycles. The molecule has 106 valence electrons. The smallest absolute Gasteiger partial charge is 0.161 e. The molecule has 0 aliphatic heterocycles. The van der Waals surface area contributed by atoms with Gasteiger partial charge >= 0.3 is 0 Å². The third-order valence-electron chi connectivity index (χ3n) is 4.41. The summed E-state index contributed by atoms with van der Waals surface area (Å²) in [7, 11) is 1.70. The van der Waals surface area contributed by atoms with Crippen molar-refractivity contribution in [2.24, 2.45) is 11.8 Å². The molecule has 0 bridgehead atoms. The second-order valence-electron chi connectivity index (χ2n) is 5.86. The molecule has 2 nitrogen and oxygen atoms in total. The maximum atomic E-state index is 12.3. The summed E-state index contributed by atoms with van der Waals surface area (Å²) in [6.07, 6.45) is 10.3. The summed E-state index contributed by atoms with van der Waals surface area (Å²) in [5.41, 5.74) is 0. The lowest BCUT2D eigenvalue weighted by Gasteiger charge is -2.33. The van der Waals surface area contributed by atoms with Crippen LogP contribution in [0.15, 0.2) is 0 Å². The number of methoxy groups -OCH3 is 1. The molecule has 1 saturated carbocycles. The summed E-state index contributed by atoms with van der Waals surface area (Å²) in [6, 6.07) is 0. The molecule has 0 spiro atoms. The summed E-state index contributed by atoms with van der Waals surface area (Å²) < 4.78 is 5.53. The van der Waals surface area contributed by atoms with Crippen molar-refractivity contribution < 1.29 is 9.53 Å². The van der Waals surface area contributed by atoms with Crippen LogP contribution in [0.5, 0.6) is 0 Å². The van der Waals surface area contributed by atoms with Gasteiger partial charge in [0, 0.05) is 13.5 Å².